The third-order valence-electron chi connectivity index (χ3n) is 2.30. The van der Waals surface area contributed by atoms with E-state index in [1.165, 1.54) is 14.0 Å². The molecule has 0 bridgehead atoms. The Kier molecular flexibility index (Phi) is 2.96. The lowest BCUT2D eigenvalue weighted by Gasteiger charge is -2.16. The third-order valence-corrected chi connectivity index (χ3v) is 2.30. The smallest absolute Gasteiger partial charge is 0.328 e. The van der Waals surface area contributed by atoms with Gasteiger partial charge >= 0.3 is 5.97 Å². The minimum absolute atomic E-state index is 0.414. The van der Waals surface area contributed by atoms with Gasteiger partial charge in [-0.3, -0.25) is 4.79 Å². The van der Waals surface area contributed by atoms with Crippen LogP contribution in [0.5, 0.6) is 5.75 Å². The van der Waals surface area contributed by atoms with Crippen molar-refractivity contribution in [1.82, 2.24) is 0 Å². The molecule has 1 unspecified atom stereocenters. The Morgan fingerprint density at radius 2 is 2.27 bits per heavy atom. The zero-order valence-electron chi connectivity index (χ0n) is 8.52. The van der Waals surface area contributed by atoms with E-state index in [4.69, 9.17) is 15.1 Å². The fraction of sp³-hybridized carbons (Fsp3) is 0.273. The summed E-state index contributed by atoms with van der Waals surface area (Å²) in [4.78, 5) is 11.0. The lowest BCUT2D eigenvalue weighted by Crippen LogP contribution is -2.30. The average Bonchev–Trinajstić information content (AvgIpc) is 2.27. The van der Waals surface area contributed by atoms with Crippen molar-refractivity contribution in [3.63, 3.8) is 0 Å². The molecule has 0 heterocycles. The van der Waals surface area contributed by atoms with Crippen molar-refractivity contribution in [2.45, 2.75) is 12.3 Å². The second-order valence-corrected chi connectivity index (χ2v) is 3.27. The molecule has 1 aromatic rings. The van der Waals surface area contributed by atoms with E-state index in [-0.39, 0.29) is 0 Å². The molecule has 0 radical (unpaired) electrons. The number of ether oxygens (including phenoxy) is 1. The number of rotatable bonds is 3. The first-order chi connectivity index (χ1) is 7.04. The van der Waals surface area contributed by atoms with Crippen molar-refractivity contribution in [3.8, 4) is 11.8 Å². The molecule has 1 atom stereocenters. The number of nitrogens with zero attached hydrogens (tertiary/aromatic N) is 1. The molecule has 78 valence electrons. The first-order valence-corrected chi connectivity index (χ1v) is 4.34. The van der Waals surface area contributed by atoms with E-state index in [2.05, 4.69) is 0 Å². The molecule has 0 fully saturated rings. The van der Waals surface area contributed by atoms with Gasteiger partial charge in [0.25, 0.3) is 0 Å². The highest BCUT2D eigenvalue weighted by atomic mass is 16.5. The summed E-state index contributed by atoms with van der Waals surface area (Å²) in [6.45, 7) is 1.37. The number of methoxy groups -OCH3 is 1. The number of hydrogen-bond acceptors (Lipinski definition) is 3. The quantitative estimate of drug-likeness (QED) is 0.812. The maximum absolute atomic E-state index is 11.0. The summed E-state index contributed by atoms with van der Waals surface area (Å²) in [6.07, 6.45) is 0. The zero-order chi connectivity index (χ0) is 11.5. The highest BCUT2D eigenvalue weighted by Crippen LogP contribution is 2.26. The molecular formula is C11H11NO3. The summed E-state index contributed by atoms with van der Waals surface area (Å²) in [5, 5.41) is 17.9. The minimum atomic E-state index is -1.53. The van der Waals surface area contributed by atoms with E-state index in [0.717, 1.165) is 0 Å². The van der Waals surface area contributed by atoms with Crippen LogP contribution >= 0.6 is 0 Å². The van der Waals surface area contributed by atoms with Crippen LogP contribution in [-0.2, 0) is 10.2 Å². The lowest BCUT2D eigenvalue weighted by molar-refractivity contribution is -0.141. The van der Waals surface area contributed by atoms with Crippen LogP contribution in [0.25, 0.3) is 0 Å². The van der Waals surface area contributed by atoms with E-state index >= 15 is 0 Å². The van der Waals surface area contributed by atoms with Gasteiger partial charge in [0.05, 0.1) is 13.2 Å². The highest BCUT2D eigenvalue weighted by molar-refractivity contribution is 5.84. The maximum atomic E-state index is 11.0. The second kappa shape index (κ2) is 4.01. The van der Waals surface area contributed by atoms with Gasteiger partial charge in [-0.15, -0.1) is 0 Å². The Labute approximate surface area is 87.7 Å². The van der Waals surface area contributed by atoms with Crippen LogP contribution in [0.1, 0.15) is 12.5 Å². The molecule has 0 amide bonds. The molecule has 1 N–H and O–H groups in total. The highest BCUT2D eigenvalue weighted by Gasteiger charge is 2.35. The van der Waals surface area contributed by atoms with Crippen LogP contribution in [0.2, 0.25) is 0 Å². The molecule has 0 saturated carbocycles. The monoisotopic (exact) mass is 205 g/mol. The van der Waals surface area contributed by atoms with Gasteiger partial charge in [0.15, 0.2) is 5.41 Å². The van der Waals surface area contributed by atoms with Gasteiger partial charge in [-0.2, -0.15) is 5.26 Å². The molecule has 0 aliphatic carbocycles. The Morgan fingerprint density at radius 1 is 1.60 bits per heavy atom. The van der Waals surface area contributed by atoms with Gasteiger partial charge in [-0.05, 0) is 24.6 Å². The number of aliphatic carboxylic acids is 1. The molecule has 0 aromatic heterocycles. The number of carbonyl (C=O) groups is 1. The molecule has 15 heavy (non-hydrogen) atoms. The van der Waals surface area contributed by atoms with E-state index in [0.29, 0.717) is 11.3 Å². The number of carboxylic acid groups (broad SMARTS) is 1. The standard InChI is InChI=1S/C11H11NO3/c1-11(7-12,10(13)14)8-4-3-5-9(6-8)15-2/h3-6H,1-2H3,(H,13,14). The van der Waals surface area contributed by atoms with Crippen LogP contribution in [0, 0.1) is 11.3 Å². The Morgan fingerprint density at radius 3 is 2.73 bits per heavy atom. The number of nitriles is 1. The maximum Gasteiger partial charge on any atom is 0.328 e. The molecule has 0 aliphatic heterocycles. The van der Waals surface area contributed by atoms with Crippen molar-refractivity contribution in [3.05, 3.63) is 29.8 Å². The topological polar surface area (TPSA) is 70.3 Å². The summed E-state index contributed by atoms with van der Waals surface area (Å²) in [6, 6.07) is 8.30. The van der Waals surface area contributed by atoms with Gasteiger partial charge < -0.3 is 9.84 Å². The Balaban J connectivity index is 3.25. The zero-order valence-corrected chi connectivity index (χ0v) is 8.52. The van der Waals surface area contributed by atoms with E-state index in [1.807, 2.05) is 0 Å². The minimum Gasteiger partial charge on any atom is -0.497 e. The van der Waals surface area contributed by atoms with E-state index < -0.39 is 11.4 Å². The van der Waals surface area contributed by atoms with Crippen molar-refractivity contribution in [2.75, 3.05) is 7.11 Å². The molecule has 1 rings (SSSR count). The van der Waals surface area contributed by atoms with Gasteiger partial charge in [-0.25, -0.2) is 0 Å². The Hall–Kier alpha value is -2.02. The molecule has 0 saturated heterocycles. The van der Waals surface area contributed by atoms with Crippen LogP contribution < -0.4 is 4.74 Å². The van der Waals surface area contributed by atoms with Crippen LogP contribution in [0.15, 0.2) is 24.3 Å². The van der Waals surface area contributed by atoms with Crippen LogP contribution in [0.4, 0.5) is 0 Å². The summed E-state index contributed by atoms with van der Waals surface area (Å²) < 4.78 is 4.97. The fourth-order valence-corrected chi connectivity index (χ4v) is 1.17. The SMILES string of the molecule is COc1cccc(C(C)(C#N)C(=O)O)c1. The molecular weight excluding hydrogens is 194 g/mol. The van der Waals surface area contributed by atoms with Crippen LogP contribution in [0.3, 0.4) is 0 Å². The molecule has 4 heteroatoms. The first-order valence-electron chi connectivity index (χ1n) is 4.34. The van der Waals surface area contributed by atoms with Crippen molar-refractivity contribution < 1.29 is 14.6 Å². The van der Waals surface area contributed by atoms with Crippen molar-refractivity contribution >= 4 is 5.97 Å². The first kappa shape index (κ1) is 11.1. The van der Waals surface area contributed by atoms with Gasteiger partial charge in [-0.1, -0.05) is 12.1 Å². The molecule has 1 aromatic carbocycles. The van der Waals surface area contributed by atoms with Crippen molar-refractivity contribution in [1.29, 1.82) is 5.26 Å². The number of carboxylic acids is 1. The lowest BCUT2D eigenvalue weighted by atomic mass is 9.84. The molecule has 0 aliphatic rings. The van der Waals surface area contributed by atoms with Gasteiger partial charge in [0.1, 0.15) is 5.75 Å². The van der Waals surface area contributed by atoms with Crippen LogP contribution in [-0.4, -0.2) is 18.2 Å². The predicted octanol–water partition coefficient (Wildman–Crippen LogP) is 1.56. The summed E-state index contributed by atoms with van der Waals surface area (Å²) in [5.41, 5.74) is -1.12. The average molecular weight is 205 g/mol. The fourth-order valence-electron chi connectivity index (χ4n) is 1.17. The normalized spacial score (nSPS) is 13.7. The van der Waals surface area contributed by atoms with Crippen molar-refractivity contribution in [2.24, 2.45) is 0 Å². The second-order valence-electron chi connectivity index (χ2n) is 3.27. The van der Waals surface area contributed by atoms with Gasteiger partial charge in [0.2, 0.25) is 0 Å². The van der Waals surface area contributed by atoms with Gasteiger partial charge in [0, 0.05) is 0 Å². The van der Waals surface area contributed by atoms with E-state index in [9.17, 15) is 4.79 Å². The number of hydrogen-bond donors (Lipinski definition) is 1. The molecule has 4 nitrogen and oxygen atoms in total. The summed E-state index contributed by atoms with van der Waals surface area (Å²) in [5.74, 6) is -0.631. The summed E-state index contributed by atoms with van der Waals surface area (Å²) >= 11 is 0. The number of benzene rings is 1. The third kappa shape index (κ3) is 1.91. The summed E-state index contributed by atoms with van der Waals surface area (Å²) in [7, 11) is 1.49. The Bertz CT molecular complexity index is 422. The van der Waals surface area contributed by atoms with E-state index in [1.54, 1.807) is 30.3 Å². The largest absolute Gasteiger partial charge is 0.497 e. The predicted molar refractivity (Wildman–Crippen MR) is 53.6 cm³/mol. The molecule has 0 spiro atoms.